The zero-order valence-corrected chi connectivity index (χ0v) is 19.6. The Morgan fingerprint density at radius 1 is 0.594 bits per heavy atom. The molecule has 9 nitrogen and oxygen atoms in total. The molecule has 32 heavy (non-hydrogen) atoms. The van der Waals surface area contributed by atoms with Crippen molar-refractivity contribution in [1.82, 2.24) is 0 Å². The average molecular weight is 455 g/mol. The first kappa shape index (κ1) is 31.0. The second-order valence-electron chi connectivity index (χ2n) is 6.82. The van der Waals surface area contributed by atoms with E-state index < -0.39 is 30.0 Å². The van der Waals surface area contributed by atoms with Gasteiger partial charge >= 0.3 is 23.9 Å². The molecule has 0 aliphatic heterocycles. The molecule has 0 aliphatic rings. The smallest absolute Gasteiger partial charge is 0.333 e. The van der Waals surface area contributed by atoms with Crippen molar-refractivity contribution in [2.45, 2.75) is 40.7 Å². The highest BCUT2D eigenvalue weighted by atomic mass is 16.6. The third kappa shape index (κ3) is 17.6. The zero-order valence-electron chi connectivity index (χ0n) is 19.6. The van der Waals surface area contributed by atoms with E-state index in [4.69, 9.17) is 23.7 Å². The molecule has 0 radical (unpaired) electrons. The van der Waals surface area contributed by atoms with Crippen LogP contribution >= 0.6 is 0 Å². The largest absolute Gasteiger partial charge is 0.460 e. The molecule has 0 spiro atoms. The lowest BCUT2D eigenvalue weighted by Crippen LogP contribution is -2.22. The van der Waals surface area contributed by atoms with E-state index >= 15 is 0 Å². The molecule has 0 fully saturated rings. The van der Waals surface area contributed by atoms with Crippen LogP contribution in [0.1, 0.15) is 34.6 Å². The van der Waals surface area contributed by atoms with E-state index in [-0.39, 0.29) is 33.0 Å². The van der Waals surface area contributed by atoms with Crippen molar-refractivity contribution in [1.29, 1.82) is 0 Å². The van der Waals surface area contributed by atoms with Crippen LogP contribution in [0.15, 0.2) is 48.6 Å². The van der Waals surface area contributed by atoms with E-state index in [1.165, 1.54) is 0 Å². The Bertz CT molecular complexity index is 689. The second kappa shape index (κ2) is 17.5. The Kier molecular flexibility index (Phi) is 16.9. The van der Waals surface area contributed by atoms with Crippen LogP contribution in [-0.2, 0) is 42.9 Å². The maximum Gasteiger partial charge on any atom is 0.333 e. The number of carbonyl (C=O) groups excluding carboxylic acids is 4. The number of hydrogen-bond donors (Lipinski definition) is 0. The van der Waals surface area contributed by atoms with Crippen molar-refractivity contribution in [3.63, 3.8) is 0 Å². The van der Waals surface area contributed by atoms with Gasteiger partial charge in [-0.15, -0.1) is 0 Å². The van der Waals surface area contributed by atoms with Gasteiger partial charge in [-0.05, 0) is 34.6 Å². The third-order valence-electron chi connectivity index (χ3n) is 3.07. The highest BCUT2D eigenvalue weighted by Gasteiger charge is 2.12. The zero-order chi connectivity index (χ0) is 25.3. The summed E-state index contributed by atoms with van der Waals surface area (Å²) in [4.78, 5) is 43.9. The summed E-state index contributed by atoms with van der Waals surface area (Å²) >= 11 is 0. The van der Waals surface area contributed by atoms with Gasteiger partial charge in [0.25, 0.3) is 0 Å². The lowest BCUT2D eigenvalue weighted by atomic mass is 10.3. The van der Waals surface area contributed by atoms with Gasteiger partial charge < -0.3 is 23.7 Å². The van der Waals surface area contributed by atoms with Gasteiger partial charge in [-0.1, -0.05) is 26.3 Å². The Balaban J connectivity index is 0. The van der Waals surface area contributed by atoms with Crippen molar-refractivity contribution in [2.75, 3.05) is 33.0 Å². The molecule has 0 aromatic heterocycles. The first-order valence-corrected chi connectivity index (χ1v) is 9.71. The summed E-state index contributed by atoms with van der Waals surface area (Å²) in [6.07, 6.45) is -0.488. The van der Waals surface area contributed by atoms with Crippen LogP contribution in [0.25, 0.3) is 0 Å². The van der Waals surface area contributed by atoms with Crippen LogP contribution in [0.4, 0.5) is 0 Å². The van der Waals surface area contributed by atoms with Gasteiger partial charge in [0.1, 0.15) is 25.9 Å². The van der Waals surface area contributed by atoms with E-state index in [1.807, 2.05) is 0 Å². The number of ether oxygens (including phenoxy) is 5. The van der Waals surface area contributed by atoms with E-state index in [2.05, 4.69) is 26.3 Å². The van der Waals surface area contributed by atoms with Crippen LogP contribution in [0.3, 0.4) is 0 Å². The Morgan fingerprint density at radius 2 is 0.938 bits per heavy atom. The van der Waals surface area contributed by atoms with Gasteiger partial charge in [-0.2, -0.15) is 0 Å². The Morgan fingerprint density at radius 3 is 1.28 bits per heavy atom. The maximum absolute atomic E-state index is 11.1. The van der Waals surface area contributed by atoms with Gasteiger partial charge in [-0.3, -0.25) is 0 Å². The third-order valence-corrected chi connectivity index (χ3v) is 3.07. The fourth-order valence-electron chi connectivity index (χ4n) is 1.37. The Hall–Kier alpha value is -3.20. The van der Waals surface area contributed by atoms with Gasteiger partial charge in [0, 0.05) is 22.3 Å². The van der Waals surface area contributed by atoms with Crippen molar-refractivity contribution in [3.05, 3.63) is 48.6 Å². The van der Waals surface area contributed by atoms with Gasteiger partial charge in [0.05, 0.1) is 13.2 Å². The number of esters is 4. The summed E-state index contributed by atoms with van der Waals surface area (Å²) in [5.74, 6) is -1.87. The fourth-order valence-corrected chi connectivity index (χ4v) is 1.37. The van der Waals surface area contributed by atoms with Crippen LogP contribution in [0.2, 0.25) is 0 Å². The SMILES string of the molecule is C=C(C)C(=O)OCC(C)OC(=O)C(=C)C.C=C(C)C(=O)OCCOCCOC(=O)C(=C)C. The molecule has 0 N–H and O–H groups in total. The molecule has 0 aromatic carbocycles. The predicted molar refractivity (Wildman–Crippen MR) is 119 cm³/mol. The molecule has 1 unspecified atom stereocenters. The second-order valence-corrected chi connectivity index (χ2v) is 6.82. The highest BCUT2D eigenvalue weighted by molar-refractivity contribution is 5.88. The number of rotatable bonds is 13. The lowest BCUT2D eigenvalue weighted by Gasteiger charge is -2.13. The van der Waals surface area contributed by atoms with Crippen molar-refractivity contribution >= 4 is 23.9 Å². The van der Waals surface area contributed by atoms with Gasteiger partial charge in [0.15, 0.2) is 0 Å². The molecule has 0 amide bonds. The van der Waals surface area contributed by atoms with Gasteiger partial charge in [-0.25, -0.2) is 19.2 Å². The molecular weight excluding hydrogens is 420 g/mol. The van der Waals surface area contributed by atoms with E-state index in [1.54, 1.807) is 34.6 Å². The van der Waals surface area contributed by atoms with Crippen LogP contribution in [-0.4, -0.2) is 63.0 Å². The van der Waals surface area contributed by atoms with Crippen molar-refractivity contribution in [3.8, 4) is 0 Å². The summed E-state index contributed by atoms with van der Waals surface area (Å²) in [6.45, 7) is 22.4. The van der Waals surface area contributed by atoms with Crippen molar-refractivity contribution < 1.29 is 42.9 Å². The molecule has 0 saturated heterocycles. The van der Waals surface area contributed by atoms with Gasteiger partial charge in [0.2, 0.25) is 0 Å². The van der Waals surface area contributed by atoms with E-state index in [0.717, 1.165) is 0 Å². The number of hydrogen-bond acceptors (Lipinski definition) is 9. The first-order chi connectivity index (χ1) is 14.8. The molecule has 1 atom stereocenters. The van der Waals surface area contributed by atoms with E-state index in [9.17, 15) is 19.2 Å². The molecule has 0 aliphatic carbocycles. The van der Waals surface area contributed by atoms with Crippen LogP contribution < -0.4 is 0 Å². The summed E-state index contributed by atoms with van der Waals surface area (Å²) in [5, 5.41) is 0. The molecule has 0 rings (SSSR count). The monoisotopic (exact) mass is 454 g/mol. The molecule has 0 aromatic rings. The summed E-state index contributed by atoms with van der Waals surface area (Å²) in [7, 11) is 0. The summed E-state index contributed by atoms with van der Waals surface area (Å²) in [6, 6.07) is 0. The first-order valence-electron chi connectivity index (χ1n) is 9.71. The van der Waals surface area contributed by atoms with Crippen molar-refractivity contribution in [2.24, 2.45) is 0 Å². The topological polar surface area (TPSA) is 114 Å². The maximum atomic E-state index is 11.1. The standard InChI is InChI=1S/C12H18O5.C11H16O4/c1-9(2)11(13)16-7-5-15-6-8-17-12(14)10(3)4;1-7(2)10(12)14-6-9(5)15-11(13)8(3)4/h1,3,5-8H2,2,4H3;9H,1,3,6H2,2,4-5H3. The minimum Gasteiger partial charge on any atom is -0.460 e. The molecule has 0 bridgehead atoms. The molecule has 0 heterocycles. The fraction of sp³-hybridized carbons (Fsp3) is 0.478. The minimum atomic E-state index is -0.492. The predicted octanol–water partition coefficient (Wildman–Crippen LogP) is 2.86. The van der Waals surface area contributed by atoms with Crippen LogP contribution in [0, 0.1) is 0 Å². The molecule has 9 heteroatoms. The normalized spacial score (nSPS) is 10.4. The van der Waals surface area contributed by atoms with E-state index in [0.29, 0.717) is 22.3 Å². The summed E-state index contributed by atoms with van der Waals surface area (Å²) < 4.78 is 24.3. The lowest BCUT2D eigenvalue weighted by molar-refractivity contribution is -0.152. The summed E-state index contributed by atoms with van der Waals surface area (Å²) in [5.41, 5.74) is 1.32. The number of carbonyl (C=O) groups is 4. The molecule has 0 saturated carbocycles. The quantitative estimate of drug-likeness (QED) is 0.179. The Labute approximate surface area is 189 Å². The molecular formula is C23H34O9. The minimum absolute atomic E-state index is 0.0186. The van der Waals surface area contributed by atoms with Crippen LogP contribution in [0.5, 0.6) is 0 Å². The highest BCUT2D eigenvalue weighted by Crippen LogP contribution is 2.01. The average Bonchev–Trinajstić information content (AvgIpc) is 2.70. The molecule has 180 valence electrons.